The van der Waals surface area contributed by atoms with Crippen molar-refractivity contribution in [3.63, 3.8) is 0 Å². The molecule has 0 saturated carbocycles. The van der Waals surface area contributed by atoms with Gasteiger partial charge in [0.25, 0.3) is 0 Å². The lowest BCUT2D eigenvalue weighted by molar-refractivity contribution is -0.132. The number of rotatable bonds is 3. The van der Waals surface area contributed by atoms with Crippen LogP contribution in [0.15, 0.2) is 54.9 Å². The van der Waals surface area contributed by atoms with Crippen molar-refractivity contribution in [2.75, 3.05) is 6.54 Å². The lowest BCUT2D eigenvalue weighted by Gasteiger charge is -2.33. The molecule has 0 bridgehead atoms. The number of fused-ring (bicyclic) bond motifs is 1. The Morgan fingerprint density at radius 1 is 1.12 bits per heavy atom. The van der Waals surface area contributed by atoms with E-state index >= 15 is 0 Å². The van der Waals surface area contributed by atoms with Crippen molar-refractivity contribution < 1.29 is 4.79 Å². The van der Waals surface area contributed by atoms with Crippen LogP contribution in [0.3, 0.4) is 0 Å². The number of amides is 1. The first-order valence-electron chi connectivity index (χ1n) is 9.71. The molecule has 2 fully saturated rings. The maximum atomic E-state index is 12.6. The molecule has 0 spiro atoms. The summed E-state index contributed by atoms with van der Waals surface area (Å²) < 4.78 is 0. The summed E-state index contributed by atoms with van der Waals surface area (Å²) in [6.07, 6.45) is 8.32. The van der Waals surface area contributed by atoms with E-state index in [-0.39, 0.29) is 11.9 Å². The van der Waals surface area contributed by atoms with Crippen LogP contribution in [0.5, 0.6) is 0 Å². The molecule has 2 aliphatic heterocycles. The molecule has 0 unspecified atom stereocenters. The number of carbonyl (C=O) groups excluding carboxylic acids is 1. The Balaban J connectivity index is 1.63. The van der Waals surface area contributed by atoms with E-state index in [0.717, 1.165) is 25.9 Å². The maximum absolute atomic E-state index is 12.6. The van der Waals surface area contributed by atoms with Gasteiger partial charge in [-0.1, -0.05) is 42.8 Å². The van der Waals surface area contributed by atoms with Crippen LogP contribution in [-0.4, -0.2) is 39.3 Å². The fraction of sp³-hybridized carbons (Fsp3) is 0.455. The topological polar surface area (TPSA) is 36.4 Å². The van der Waals surface area contributed by atoms with E-state index in [9.17, 15) is 4.79 Å². The first kappa shape index (κ1) is 17.2. The van der Waals surface area contributed by atoms with Crippen molar-refractivity contribution >= 4 is 5.91 Å². The third-order valence-corrected chi connectivity index (χ3v) is 5.92. The van der Waals surface area contributed by atoms with Crippen molar-refractivity contribution in [1.82, 2.24) is 14.8 Å². The van der Waals surface area contributed by atoms with Crippen LogP contribution in [0, 0.1) is 0 Å². The third-order valence-electron chi connectivity index (χ3n) is 5.92. The zero-order valence-electron chi connectivity index (χ0n) is 15.4. The Labute approximate surface area is 155 Å². The van der Waals surface area contributed by atoms with Gasteiger partial charge in [-0.15, -0.1) is 0 Å². The highest BCUT2D eigenvalue weighted by Gasteiger charge is 2.45. The third kappa shape index (κ3) is 3.38. The quantitative estimate of drug-likeness (QED) is 0.846. The van der Waals surface area contributed by atoms with Crippen molar-refractivity contribution in [3.05, 3.63) is 66.0 Å². The van der Waals surface area contributed by atoms with Crippen LogP contribution in [-0.2, 0) is 11.3 Å². The SMILES string of the molecule is CC(=O)N1[C@H](c2ccccc2)C[C@@H]2[C@@H]1CCCCN2Cc1cccnc1. The number of likely N-dealkylation sites (tertiary alicyclic amines) is 2. The summed E-state index contributed by atoms with van der Waals surface area (Å²) in [5.41, 5.74) is 2.52. The summed E-state index contributed by atoms with van der Waals surface area (Å²) >= 11 is 0. The van der Waals surface area contributed by atoms with E-state index in [1.165, 1.54) is 24.0 Å². The summed E-state index contributed by atoms with van der Waals surface area (Å²) in [5.74, 6) is 0.203. The van der Waals surface area contributed by atoms with Crippen molar-refractivity contribution in [2.24, 2.45) is 0 Å². The number of hydrogen-bond acceptors (Lipinski definition) is 3. The molecule has 26 heavy (non-hydrogen) atoms. The summed E-state index contributed by atoms with van der Waals surface area (Å²) in [6.45, 7) is 3.75. The normalized spacial score (nSPS) is 26.3. The molecular formula is C22H27N3O. The molecule has 1 aromatic carbocycles. The number of nitrogens with zero attached hydrogens (tertiary/aromatic N) is 3. The first-order chi connectivity index (χ1) is 12.7. The molecule has 1 aromatic heterocycles. The largest absolute Gasteiger partial charge is 0.331 e. The van der Waals surface area contributed by atoms with Crippen molar-refractivity contribution in [2.45, 2.75) is 57.3 Å². The van der Waals surface area contributed by atoms with Crippen LogP contribution in [0.2, 0.25) is 0 Å². The minimum atomic E-state index is 0.193. The van der Waals surface area contributed by atoms with Crippen LogP contribution >= 0.6 is 0 Å². The fourth-order valence-electron chi connectivity index (χ4n) is 4.82. The molecule has 4 heteroatoms. The minimum Gasteiger partial charge on any atom is -0.331 e. The second kappa shape index (κ2) is 7.58. The van der Waals surface area contributed by atoms with Gasteiger partial charge in [-0.2, -0.15) is 0 Å². The molecule has 2 aromatic rings. The number of aromatic nitrogens is 1. The van der Waals surface area contributed by atoms with Gasteiger partial charge in [0.1, 0.15) is 0 Å². The molecule has 3 heterocycles. The maximum Gasteiger partial charge on any atom is 0.220 e. The van der Waals surface area contributed by atoms with Gasteiger partial charge < -0.3 is 4.90 Å². The predicted molar refractivity (Wildman–Crippen MR) is 102 cm³/mol. The first-order valence-corrected chi connectivity index (χ1v) is 9.71. The van der Waals surface area contributed by atoms with Gasteiger partial charge in [0.2, 0.25) is 5.91 Å². The molecule has 1 amide bonds. The van der Waals surface area contributed by atoms with Gasteiger partial charge in [0, 0.05) is 37.9 Å². The Bertz CT molecular complexity index is 734. The van der Waals surface area contributed by atoms with Gasteiger partial charge in [-0.25, -0.2) is 0 Å². The van der Waals surface area contributed by atoms with Crippen LogP contribution < -0.4 is 0 Å². The van der Waals surface area contributed by atoms with E-state index in [4.69, 9.17) is 0 Å². The van der Waals surface area contributed by atoms with E-state index in [0.29, 0.717) is 12.1 Å². The summed E-state index contributed by atoms with van der Waals surface area (Å²) in [4.78, 5) is 21.6. The molecule has 4 rings (SSSR count). The molecule has 3 atom stereocenters. The average molecular weight is 349 g/mol. The Kier molecular flexibility index (Phi) is 5.02. The zero-order valence-corrected chi connectivity index (χ0v) is 15.4. The highest BCUT2D eigenvalue weighted by Crippen LogP contribution is 2.42. The van der Waals surface area contributed by atoms with E-state index < -0.39 is 0 Å². The van der Waals surface area contributed by atoms with Gasteiger partial charge >= 0.3 is 0 Å². The highest BCUT2D eigenvalue weighted by molar-refractivity contribution is 5.75. The lowest BCUT2D eigenvalue weighted by Crippen LogP contribution is -2.45. The molecule has 2 saturated heterocycles. The van der Waals surface area contributed by atoms with Crippen molar-refractivity contribution in [1.29, 1.82) is 0 Å². The van der Waals surface area contributed by atoms with Crippen LogP contribution in [0.1, 0.15) is 49.8 Å². The monoisotopic (exact) mass is 349 g/mol. The average Bonchev–Trinajstić information content (AvgIpc) is 2.95. The van der Waals surface area contributed by atoms with E-state index in [2.05, 4.69) is 45.1 Å². The van der Waals surface area contributed by atoms with E-state index in [1.54, 1.807) is 6.92 Å². The molecular weight excluding hydrogens is 322 g/mol. The lowest BCUT2D eigenvalue weighted by atomic mass is 10.0. The van der Waals surface area contributed by atoms with Crippen molar-refractivity contribution in [3.8, 4) is 0 Å². The van der Waals surface area contributed by atoms with E-state index in [1.807, 2.05) is 24.5 Å². The molecule has 136 valence electrons. The smallest absolute Gasteiger partial charge is 0.220 e. The van der Waals surface area contributed by atoms with Crippen LogP contribution in [0.25, 0.3) is 0 Å². The second-order valence-electron chi connectivity index (χ2n) is 7.55. The Morgan fingerprint density at radius 3 is 2.69 bits per heavy atom. The van der Waals surface area contributed by atoms with Gasteiger partial charge in [-0.3, -0.25) is 14.7 Å². The molecule has 0 radical (unpaired) electrons. The molecule has 2 aliphatic rings. The summed E-state index contributed by atoms with van der Waals surface area (Å²) in [7, 11) is 0. The number of carbonyl (C=O) groups is 1. The van der Waals surface area contributed by atoms with Gasteiger partial charge in [-0.05, 0) is 43.0 Å². The highest BCUT2D eigenvalue weighted by atomic mass is 16.2. The molecule has 0 N–H and O–H groups in total. The fourth-order valence-corrected chi connectivity index (χ4v) is 4.82. The Morgan fingerprint density at radius 2 is 1.96 bits per heavy atom. The minimum absolute atomic E-state index is 0.193. The predicted octanol–water partition coefficient (Wildman–Crippen LogP) is 3.80. The van der Waals surface area contributed by atoms with Crippen LogP contribution in [0.4, 0.5) is 0 Å². The Hall–Kier alpha value is -2.20. The van der Waals surface area contributed by atoms with Gasteiger partial charge in [0.05, 0.1) is 6.04 Å². The summed E-state index contributed by atoms with van der Waals surface area (Å²) in [5, 5.41) is 0. The zero-order chi connectivity index (χ0) is 17.9. The second-order valence-corrected chi connectivity index (χ2v) is 7.55. The summed E-state index contributed by atoms with van der Waals surface area (Å²) in [6, 6.07) is 15.6. The standard InChI is InChI=1S/C22H27N3O/c1-17(26)25-20-11-5-6-13-24(16-18-8-7-12-23-15-18)22(20)14-21(25)19-9-3-2-4-10-19/h2-4,7-10,12,15,20-22H,5-6,11,13-14,16H2,1H3/t20-,21-,22+/m0/s1. The van der Waals surface area contributed by atoms with Gasteiger partial charge in [0.15, 0.2) is 0 Å². The number of hydrogen-bond donors (Lipinski definition) is 0. The molecule has 0 aliphatic carbocycles. The number of pyridine rings is 1. The number of benzene rings is 1. The molecule has 4 nitrogen and oxygen atoms in total.